The van der Waals surface area contributed by atoms with E-state index < -0.39 is 5.54 Å². The van der Waals surface area contributed by atoms with Crippen LogP contribution in [0.15, 0.2) is 53.0 Å². The molecule has 2 N–H and O–H groups in total. The zero-order chi connectivity index (χ0) is 13.2. The minimum Gasteiger partial charge on any atom is -0.321 e. The van der Waals surface area contributed by atoms with E-state index in [1.54, 1.807) is 6.07 Å². The Balaban J connectivity index is 2.26. The summed E-state index contributed by atoms with van der Waals surface area (Å²) < 4.78 is 14.3. The second-order valence-electron chi connectivity index (χ2n) is 4.73. The van der Waals surface area contributed by atoms with Gasteiger partial charge in [-0.3, -0.25) is 0 Å². The molecule has 0 amide bonds. The molecule has 94 valence electrons. The zero-order valence-electron chi connectivity index (χ0n) is 10.2. The molecule has 2 aromatic carbocycles. The smallest absolute Gasteiger partial charge is 0.123 e. The summed E-state index contributed by atoms with van der Waals surface area (Å²) in [4.78, 5) is 0. The minimum absolute atomic E-state index is 0.251. The van der Waals surface area contributed by atoms with Gasteiger partial charge in [-0.15, -0.1) is 0 Å². The fraction of sp³-hybridized carbons (Fsp3) is 0.200. The van der Waals surface area contributed by atoms with Gasteiger partial charge in [0.15, 0.2) is 0 Å². The Morgan fingerprint density at radius 3 is 2.56 bits per heavy atom. The SMILES string of the molecule is CC(N)(Cc1cccc(Br)c1)c1cccc(F)c1. The lowest BCUT2D eigenvalue weighted by Crippen LogP contribution is -2.35. The molecular formula is C15H15BrFN. The maximum Gasteiger partial charge on any atom is 0.123 e. The van der Waals surface area contributed by atoms with Crippen LogP contribution in [0.5, 0.6) is 0 Å². The van der Waals surface area contributed by atoms with E-state index in [0.29, 0.717) is 6.42 Å². The molecule has 0 aliphatic rings. The van der Waals surface area contributed by atoms with Gasteiger partial charge in [-0.1, -0.05) is 40.2 Å². The predicted molar refractivity (Wildman–Crippen MR) is 75.8 cm³/mol. The Bertz CT molecular complexity index is 552. The number of nitrogens with two attached hydrogens (primary N) is 1. The number of benzene rings is 2. The van der Waals surface area contributed by atoms with E-state index in [2.05, 4.69) is 15.9 Å². The van der Waals surface area contributed by atoms with E-state index in [9.17, 15) is 4.39 Å². The second-order valence-corrected chi connectivity index (χ2v) is 5.65. The molecule has 0 aliphatic carbocycles. The third-order valence-electron chi connectivity index (χ3n) is 2.94. The fourth-order valence-corrected chi connectivity index (χ4v) is 2.46. The average Bonchev–Trinajstić information content (AvgIpc) is 2.28. The summed E-state index contributed by atoms with van der Waals surface area (Å²) in [5.41, 5.74) is 7.66. The minimum atomic E-state index is -0.580. The molecule has 0 spiro atoms. The predicted octanol–water partition coefficient (Wildman–Crippen LogP) is 4.00. The van der Waals surface area contributed by atoms with Gasteiger partial charge in [0.25, 0.3) is 0 Å². The molecular weight excluding hydrogens is 293 g/mol. The van der Waals surface area contributed by atoms with Crippen LogP contribution in [-0.2, 0) is 12.0 Å². The van der Waals surface area contributed by atoms with Crippen molar-refractivity contribution in [2.45, 2.75) is 18.9 Å². The zero-order valence-corrected chi connectivity index (χ0v) is 11.7. The molecule has 0 aliphatic heterocycles. The summed E-state index contributed by atoms with van der Waals surface area (Å²) >= 11 is 3.44. The van der Waals surface area contributed by atoms with Crippen molar-refractivity contribution < 1.29 is 4.39 Å². The van der Waals surface area contributed by atoms with Crippen molar-refractivity contribution in [2.24, 2.45) is 5.73 Å². The molecule has 2 rings (SSSR count). The first-order valence-electron chi connectivity index (χ1n) is 5.77. The number of rotatable bonds is 3. The van der Waals surface area contributed by atoms with E-state index in [0.717, 1.165) is 15.6 Å². The molecule has 0 heterocycles. The number of hydrogen-bond acceptors (Lipinski definition) is 1. The van der Waals surface area contributed by atoms with Gasteiger partial charge in [0.1, 0.15) is 5.82 Å². The molecule has 18 heavy (non-hydrogen) atoms. The largest absolute Gasteiger partial charge is 0.321 e. The van der Waals surface area contributed by atoms with Crippen LogP contribution in [0.1, 0.15) is 18.1 Å². The lowest BCUT2D eigenvalue weighted by molar-refractivity contribution is 0.486. The molecule has 1 atom stereocenters. The molecule has 3 heteroatoms. The van der Waals surface area contributed by atoms with Gasteiger partial charge in [-0.25, -0.2) is 4.39 Å². The van der Waals surface area contributed by atoms with Crippen molar-refractivity contribution in [3.63, 3.8) is 0 Å². The first-order valence-corrected chi connectivity index (χ1v) is 6.56. The van der Waals surface area contributed by atoms with Gasteiger partial charge in [-0.05, 0) is 48.7 Å². The van der Waals surface area contributed by atoms with Gasteiger partial charge in [0, 0.05) is 10.0 Å². The van der Waals surface area contributed by atoms with E-state index in [-0.39, 0.29) is 5.82 Å². The maximum absolute atomic E-state index is 13.2. The van der Waals surface area contributed by atoms with Gasteiger partial charge >= 0.3 is 0 Å². The molecule has 1 nitrogen and oxygen atoms in total. The van der Waals surface area contributed by atoms with E-state index in [1.807, 2.05) is 37.3 Å². The van der Waals surface area contributed by atoms with Crippen molar-refractivity contribution in [3.05, 3.63) is 69.9 Å². The topological polar surface area (TPSA) is 26.0 Å². The van der Waals surface area contributed by atoms with Crippen LogP contribution in [0, 0.1) is 5.82 Å². The van der Waals surface area contributed by atoms with Crippen molar-refractivity contribution in [2.75, 3.05) is 0 Å². The molecule has 0 fully saturated rings. The second kappa shape index (κ2) is 5.21. The Kier molecular flexibility index (Phi) is 3.83. The van der Waals surface area contributed by atoms with Gasteiger partial charge in [-0.2, -0.15) is 0 Å². The van der Waals surface area contributed by atoms with Crippen LogP contribution in [0.2, 0.25) is 0 Å². The first kappa shape index (κ1) is 13.2. The van der Waals surface area contributed by atoms with Gasteiger partial charge < -0.3 is 5.73 Å². The van der Waals surface area contributed by atoms with Gasteiger partial charge in [0.2, 0.25) is 0 Å². The molecule has 2 aromatic rings. The van der Waals surface area contributed by atoms with Crippen LogP contribution in [0.3, 0.4) is 0 Å². The van der Waals surface area contributed by atoms with Crippen molar-refractivity contribution in [3.8, 4) is 0 Å². The monoisotopic (exact) mass is 307 g/mol. The van der Waals surface area contributed by atoms with Crippen LogP contribution in [0.4, 0.5) is 4.39 Å². The normalized spacial score (nSPS) is 14.2. The Hall–Kier alpha value is -1.19. The van der Waals surface area contributed by atoms with Crippen LogP contribution >= 0.6 is 15.9 Å². The van der Waals surface area contributed by atoms with Crippen molar-refractivity contribution in [1.29, 1.82) is 0 Å². The van der Waals surface area contributed by atoms with E-state index in [4.69, 9.17) is 5.73 Å². The summed E-state index contributed by atoms with van der Waals surface area (Å²) in [5, 5.41) is 0. The Labute approximate surface area is 115 Å². The molecule has 1 unspecified atom stereocenters. The summed E-state index contributed by atoms with van der Waals surface area (Å²) in [6, 6.07) is 14.5. The molecule has 0 aromatic heterocycles. The quantitative estimate of drug-likeness (QED) is 0.911. The number of halogens is 2. The van der Waals surface area contributed by atoms with Crippen LogP contribution < -0.4 is 5.73 Å². The standard InChI is InChI=1S/C15H15BrFN/c1-15(18,12-5-3-7-14(17)9-12)10-11-4-2-6-13(16)8-11/h2-9H,10,18H2,1H3. The lowest BCUT2D eigenvalue weighted by atomic mass is 9.86. The highest BCUT2D eigenvalue weighted by atomic mass is 79.9. The van der Waals surface area contributed by atoms with Crippen LogP contribution in [0.25, 0.3) is 0 Å². The highest BCUT2D eigenvalue weighted by Gasteiger charge is 2.22. The van der Waals surface area contributed by atoms with Crippen molar-refractivity contribution >= 4 is 15.9 Å². The summed E-state index contributed by atoms with van der Waals surface area (Å²) in [6.45, 7) is 1.92. The first-order chi connectivity index (χ1) is 8.47. The third kappa shape index (κ3) is 3.18. The average molecular weight is 308 g/mol. The van der Waals surface area contributed by atoms with Gasteiger partial charge in [0.05, 0.1) is 0 Å². The molecule has 0 saturated carbocycles. The maximum atomic E-state index is 13.2. The van der Waals surface area contributed by atoms with Crippen LogP contribution in [-0.4, -0.2) is 0 Å². The van der Waals surface area contributed by atoms with E-state index in [1.165, 1.54) is 12.1 Å². The molecule has 0 radical (unpaired) electrons. The highest BCUT2D eigenvalue weighted by Crippen LogP contribution is 2.24. The summed E-state index contributed by atoms with van der Waals surface area (Å²) in [7, 11) is 0. The highest BCUT2D eigenvalue weighted by molar-refractivity contribution is 9.10. The van der Waals surface area contributed by atoms with Crippen molar-refractivity contribution in [1.82, 2.24) is 0 Å². The summed E-state index contributed by atoms with van der Waals surface area (Å²) in [5.74, 6) is -0.251. The summed E-state index contributed by atoms with van der Waals surface area (Å²) in [6.07, 6.45) is 0.663. The Morgan fingerprint density at radius 2 is 1.89 bits per heavy atom. The molecule has 0 bridgehead atoms. The Morgan fingerprint density at radius 1 is 1.17 bits per heavy atom. The third-order valence-corrected chi connectivity index (χ3v) is 3.44. The molecule has 0 saturated heterocycles. The van der Waals surface area contributed by atoms with E-state index >= 15 is 0 Å². The lowest BCUT2D eigenvalue weighted by Gasteiger charge is -2.25. The number of hydrogen-bond donors (Lipinski definition) is 1. The fourth-order valence-electron chi connectivity index (χ4n) is 2.02.